The summed E-state index contributed by atoms with van der Waals surface area (Å²) in [7, 11) is -9.99. The van der Waals surface area contributed by atoms with Gasteiger partial charge in [-0.2, -0.15) is 0 Å². The van der Waals surface area contributed by atoms with Crippen molar-refractivity contribution in [3.05, 3.63) is 0 Å². The number of unbranched alkanes of at least 4 members (excludes halogenated alkanes) is 2. The minimum absolute atomic E-state index is 1.21. The van der Waals surface area contributed by atoms with Gasteiger partial charge in [0.05, 0.1) is 0 Å². The molecule has 0 radical (unpaired) electrons. The van der Waals surface area contributed by atoms with E-state index in [4.69, 9.17) is 16.5 Å². The fraction of sp³-hybridized carbons (Fsp3) is 1.00. The second-order valence-corrected chi connectivity index (χ2v) is 29.8. The topological polar surface area (TPSA) is 36.9 Å². The number of hydrogen-bond donors (Lipinski definition) is 0. The van der Waals surface area contributed by atoms with E-state index in [2.05, 4.69) is 78.9 Å². The van der Waals surface area contributed by atoms with Gasteiger partial charge in [-0.25, -0.2) is 0 Å². The van der Waals surface area contributed by atoms with Crippen LogP contribution in [0.25, 0.3) is 0 Å². The molecule has 152 valence electrons. The highest BCUT2D eigenvalue weighted by molar-refractivity contribution is 6.90. The summed E-state index contributed by atoms with van der Waals surface area (Å²) in [6.45, 7) is 26.4. The molecule has 0 spiro atoms. The first-order valence-corrected chi connectivity index (χ1v) is 24.7. The largest absolute Gasteiger partial charge is 0.437 e. The zero-order valence-electron chi connectivity index (χ0n) is 19.0. The van der Waals surface area contributed by atoms with Crippen molar-refractivity contribution in [1.29, 1.82) is 0 Å². The highest BCUT2D eigenvalue weighted by atomic mass is 28.5. The Kier molecular flexibility index (Phi) is 9.76. The summed E-state index contributed by atoms with van der Waals surface area (Å²) < 4.78 is 26.0. The van der Waals surface area contributed by atoms with Gasteiger partial charge in [0.15, 0.2) is 16.6 Å². The minimum Gasteiger partial charge on any atom is -0.437 e. The molecule has 0 aromatic heterocycles. The van der Waals surface area contributed by atoms with Gasteiger partial charge in [-0.05, 0) is 78.1 Å². The molecule has 0 N–H and O–H groups in total. The molecule has 0 aliphatic carbocycles. The number of hydrogen-bond acceptors (Lipinski definition) is 4. The van der Waals surface area contributed by atoms with Crippen LogP contribution in [-0.4, -0.2) is 42.3 Å². The Labute approximate surface area is 163 Å². The van der Waals surface area contributed by atoms with Gasteiger partial charge in [0.2, 0.25) is 0 Å². The van der Waals surface area contributed by atoms with E-state index in [0.717, 1.165) is 0 Å². The Morgan fingerprint density at radius 1 is 0.520 bits per heavy atom. The summed E-state index contributed by atoms with van der Waals surface area (Å²) in [5, 5.41) is 0. The first kappa shape index (κ1) is 25.9. The van der Waals surface area contributed by atoms with Crippen LogP contribution in [-0.2, 0) is 16.5 Å². The SMILES string of the molecule is CCCCC[Si](C)(C)O[Si](C)(C)O[Si](C)(C)O[Si](C)(C)O[Si](C)(C)C. The molecule has 0 saturated carbocycles. The summed E-state index contributed by atoms with van der Waals surface area (Å²) >= 11 is 0. The molecular formula is C16H44O4Si5. The lowest BCUT2D eigenvalue weighted by Gasteiger charge is -2.42. The van der Waals surface area contributed by atoms with Gasteiger partial charge in [-0.3, -0.25) is 0 Å². The fourth-order valence-corrected chi connectivity index (χ4v) is 27.3. The van der Waals surface area contributed by atoms with Crippen LogP contribution >= 0.6 is 0 Å². The molecular weight excluding hydrogens is 397 g/mol. The molecule has 0 aliphatic heterocycles. The quantitative estimate of drug-likeness (QED) is 0.260. The predicted molar refractivity (Wildman–Crippen MR) is 122 cm³/mol. The molecule has 0 atom stereocenters. The molecule has 4 nitrogen and oxygen atoms in total. The molecule has 0 aromatic rings. The monoisotopic (exact) mass is 440 g/mol. The second kappa shape index (κ2) is 9.42. The van der Waals surface area contributed by atoms with E-state index in [0.29, 0.717) is 0 Å². The summed E-state index contributed by atoms with van der Waals surface area (Å²) in [6, 6.07) is 1.21. The van der Waals surface area contributed by atoms with Crippen molar-refractivity contribution in [2.24, 2.45) is 0 Å². The van der Waals surface area contributed by atoms with E-state index < -0.39 is 42.3 Å². The van der Waals surface area contributed by atoms with Gasteiger partial charge in [-0.15, -0.1) is 0 Å². The molecule has 0 unspecified atom stereocenters. The minimum atomic E-state index is -2.29. The third-order valence-corrected chi connectivity index (χ3v) is 21.5. The average Bonchev–Trinajstić information content (AvgIpc) is 2.18. The van der Waals surface area contributed by atoms with Gasteiger partial charge in [0.1, 0.15) is 0 Å². The molecule has 25 heavy (non-hydrogen) atoms. The van der Waals surface area contributed by atoms with Crippen LogP contribution in [0.4, 0.5) is 0 Å². The van der Waals surface area contributed by atoms with E-state index in [1.807, 2.05) is 0 Å². The van der Waals surface area contributed by atoms with Crippen molar-refractivity contribution in [1.82, 2.24) is 0 Å². The summed E-state index contributed by atoms with van der Waals surface area (Å²) in [4.78, 5) is 0. The van der Waals surface area contributed by atoms with Crippen molar-refractivity contribution in [3.8, 4) is 0 Å². The van der Waals surface area contributed by atoms with E-state index in [9.17, 15) is 0 Å². The second-order valence-electron chi connectivity index (χ2n) is 9.94. The van der Waals surface area contributed by atoms with Gasteiger partial charge in [-0.1, -0.05) is 26.2 Å². The smallest absolute Gasteiger partial charge is 0.314 e. The lowest BCUT2D eigenvalue weighted by atomic mass is 10.3. The fourth-order valence-electron chi connectivity index (χ4n) is 3.50. The maximum absolute atomic E-state index is 6.62. The van der Waals surface area contributed by atoms with Gasteiger partial charge < -0.3 is 16.5 Å². The molecule has 9 heteroatoms. The van der Waals surface area contributed by atoms with Crippen LogP contribution in [0.5, 0.6) is 0 Å². The van der Waals surface area contributed by atoms with Gasteiger partial charge >= 0.3 is 25.7 Å². The van der Waals surface area contributed by atoms with Crippen molar-refractivity contribution in [2.45, 2.75) is 104 Å². The van der Waals surface area contributed by atoms with E-state index in [1.54, 1.807) is 0 Å². The molecule has 0 aromatic carbocycles. The number of rotatable bonds is 12. The summed E-state index contributed by atoms with van der Waals surface area (Å²) in [5.41, 5.74) is 0. The van der Waals surface area contributed by atoms with Crippen molar-refractivity contribution in [3.63, 3.8) is 0 Å². The molecule has 0 bridgehead atoms. The van der Waals surface area contributed by atoms with E-state index >= 15 is 0 Å². The lowest BCUT2D eigenvalue weighted by Crippen LogP contribution is -2.58. The Morgan fingerprint density at radius 2 is 0.920 bits per heavy atom. The maximum Gasteiger partial charge on any atom is 0.314 e. The van der Waals surface area contributed by atoms with Crippen molar-refractivity contribution in [2.75, 3.05) is 0 Å². The average molecular weight is 441 g/mol. The Hall–Kier alpha value is 0.924. The Bertz CT molecular complexity index is 406. The van der Waals surface area contributed by atoms with Crippen LogP contribution in [0.1, 0.15) is 26.2 Å². The molecule has 0 aliphatic rings. The standard InChI is InChI=1S/C16H44O4Si5/c1-13-14-15-16-22(5,6)18-24(9,10)20-25(11,12)19-23(7,8)17-21(2,3)4/h13-16H2,1-12H3. The summed E-state index contributed by atoms with van der Waals surface area (Å²) in [5.74, 6) is 0. The highest BCUT2D eigenvalue weighted by Crippen LogP contribution is 2.27. The molecule has 0 rings (SSSR count). The molecule has 0 amide bonds. The third-order valence-electron chi connectivity index (χ3n) is 3.44. The van der Waals surface area contributed by atoms with Crippen LogP contribution in [0.2, 0.25) is 78.1 Å². The van der Waals surface area contributed by atoms with E-state index in [-0.39, 0.29) is 0 Å². The first-order chi connectivity index (χ1) is 10.9. The molecule has 0 fully saturated rings. The van der Waals surface area contributed by atoms with Crippen molar-refractivity contribution >= 4 is 42.3 Å². The van der Waals surface area contributed by atoms with Crippen molar-refractivity contribution < 1.29 is 16.5 Å². The lowest BCUT2D eigenvalue weighted by molar-refractivity contribution is 0.299. The highest BCUT2D eigenvalue weighted by Gasteiger charge is 2.44. The molecule has 0 saturated heterocycles. The Morgan fingerprint density at radius 3 is 1.32 bits per heavy atom. The van der Waals surface area contributed by atoms with E-state index in [1.165, 1.54) is 25.3 Å². The predicted octanol–water partition coefficient (Wildman–Crippen LogP) is 6.39. The normalized spacial score (nSPS) is 14.9. The van der Waals surface area contributed by atoms with Crippen LogP contribution in [0.15, 0.2) is 0 Å². The third kappa shape index (κ3) is 13.7. The zero-order chi connectivity index (χ0) is 20.2. The molecule has 0 heterocycles. The van der Waals surface area contributed by atoms with Crippen LogP contribution in [0.3, 0.4) is 0 Å². The first-order valence-electron chi connectivity index (χ1n) is 9.69. The van der Waals surface area contributed by atoms with Gasteiger partial charge in [0, 0.05) is 0 Å². The van der Waals surface area contributed by atoms with Crippen LogP contribution < -0.4 is 0 Å². The van der Waals surface area contributed by atoms with Crippen LogP contribution in [0, 0.1) is 0 Å². The Balaban J connectivity index is 4.83. The zero-order valence-corrected chi connectivity index (χ0v) is 24.0. The maximum atomic E-state index is 6.62. The van der Waals surface area contributed by atoms with Gasteiger partial charge in [0.25, 0.3) is 0 Å². The summed E-state index contributed by atoms with van der Waals surface area (Å²) in [6.07, 6.45) is 3.81.